The smallest absolute Gasteiger partial charge is 0.234 e. The van der Waals surface area contributed by atoms with E-state index in [1.54, 1.807) is 48.5 Å². The second-order valence-corrected chi connectivity index (χ2v) is 4.50. The van der Waals surface area contributed by atoms with Crippen molar-refractivity contribution in [2.75, 3.05) is 0 Å². The predicted molar refractivity (Wildman–Crippen MR) is 99.5 cm³/mol. The van der Waals surface area contributed by atoms with E-state index in [0.29, 0.717) is 22.3 Å². The molecule has 0 atom stereocenters. The highest BCUT2D eigenvalue weighted by Crippen LogP contribution is 2.04. The molecule has 0 aliphatic carbocycles. The topological polar surface area (TPSA) is 123 Å². The Bertz CT molecular complexity index is 888. The molecule has 0 aromatic heterocycles. The van der Waals surface area contributed by atoms with Gasteiger partial charge in [0, 0.05) is 11.1 Å². The molecule has 2 aromatic rings. The van der Waals surface area contributed by atoms with Gasteiger partial charge in [0.15, 0.2) is 0 Å². The first kappa shape index (κ1) is 19.4. The molecule has 3 N–H and O–H groups in total. The number of nitriles is 2. The number of hydrazone groups is 1. The van der Waals surface area contributed by atoms with Crippen LogP contribution in [0.4, 0.5) is 0 Å². The van der Waals surface area contributed by atoms with Crippen molar-refractivity contribution < 1.29 is 0 Å². The van der Waals surface area contributed by atoms with Gasteiger partial charge in [0.05, 0.1) is 35.7 Å². The van der Waals surface area contributed by atoms with Crippen molar-refractivity contribution in [3.05, 3.63) is 70.8 Å². The van der Waals surface area contributed by atoms with Crippen LogP contribution in [0.1, 0.15) is 22.3 Å². The first-order chi connectivity index (χ1) is 11.7. The molecule has 0 aliphatic rings. The lowest BCUT2D eigenvalue weighted by molar-refractivity contribution is 0.994. The fourth-order valence-electron chi connectivity index (χ4n) is 1.77. The van der Waals surface area contributed by atoms with Gasteiger partial charge in [-0.15, -0.1) is 17.5 Å². The molecule has 8 heteroatoms. The quantitative estimate of drug-likeness (QED) is 0.497. The number of nitrogens with zero attached hydrogens (tertiary/aromatic N) is 5. The molecule has 0 saturated carbocycles. The van der Waals surface area contributed by atoms with Crippen molar-refractivity contribution in [3.63, 3.8) is 0 Å². The summed E-state index contributed by atoms with van der Waals surface area (Å²) >= 11 is 0. The molecule has 0 bridgehead atoms. The molecule has 25 heavy (non-hydrogen) atoms. The minimum atomic E-state index is -0.0219. The standard InChI is InChI=1S/C17H13N7.ClH/c18-9-13-5-1-3-7-15(13)11-21-23-17(20)24-22-12-16-8-4-2-6-14(16)10-19;/h1-8,11-12H,(H3,20,23,24);1H. The largest absolute Gasteiger partial charge is 0.367 e. The first-order valence-electron chi connectivity index (χ1n) is 6.88. The third-order valence-electron chi connectivity index (χ3n) is 2.91. The summed E-state index contributed by atoms with van der Waals surface area (Å²) in [5.74, 6) is -0.0219. The van der Waals surface area contributed by atoms with Crippen molar-refractivity contribution >= 4 is 30.8 Å². The summed E-state index contributed by atoms with van der Waals surface area (Å²) in [6, 6.07) is 18.1. The summed E-state index contributed by atoms with van der Waals surface area (Å²) in [6.45, 7) is 0. The molecule has 2 rings (SSSR count). The number of hydrogen-bond donors (Lipinski definition) is 2. The molecule has 0 saturated heterocycles. The Kier molecular flexibility index (Phi) is 7.87. The maximum atomic E-state index is 8.97. The van der Waals surface area contributed by atoms with Gasteiger partial charge in [0.2, 0.25) is 5.96 Å². The van der Waals surface area contributed by atoms with Crippen molar-refractivity contribution in [1.29, 1.82) is 10.5 Å². The molecule has 0 amide bonds. The number of hydrogen-bond acceptors (Lipinski definition) is 5. The van der Waals surface area contributed by atoms with Crippen molar-refractivity contribution in [2.45, 2.75) is 0 Å². The van der Waals surface area contributed by atoms with Crippen LogP contribution in [0.3, 0.4) is 0 Å². The van der Waals surface area contributed by atoms with Crippen LogP contribution in [-0.2, 0) is 0 Å². The highest BCUT2D eigenvalue weighted by Gasteiger charge is 1.97. The molecule has 0 unspecified atom stereocenters. The molecule has 2 aromatic carbocycles. The average molecular weight is 352 g/mol. The SMILES string of the molecule is Cl.N#Cc1ccccc1C=NN=C(N)NN=Cc1ccccc1C#N. The summed E-state index contributed by atoms with van der Waals surface area (Å²) < 4.78 is 0. The van der Waals surface area contributed by atoms with Crippen LogP contribution in [-0.4, -0.2) is 18.4 Å². The van der Waals surface area contributed by atoms with E-state index in [2.05, 4.69) is 32.9 Å². The van der Waals surface area contributed by atoms with Crippen LogP contribution in [0.15, 0.2) is 63.8 Å². The van der Waals surface area contributed by atoms with Gasteiger partial charge >= 0.3 is 0 Å². The Morgan fingerprint density at radius 1 is 0.920 bits per heavy atom. The normalized spacial score (nSPS) is 10.9. The zero-order chi connectivity index (χ0) is 17.2. The predicted octanol–water partition coefficient (Wildman–Crippen LogP) is 2.12. The Morgan fingerprint density at radius 2 is 1.44 bits per heavy atom. The van der Waals surface area contributed by atoms with Crippen LogP contribution in [0.5, 0.6) is 0 Å². The van der Waals surface area contributed by atoms with Crippen LogP contribution >= 0.6 is 12.4 Å². The van der Waals surface area contributed by atoms with Crippen molar-refractivity contribution in [3.8, 4) is 12.1 Å². The molecule has 0 fully saturated rings. The molecular formula is C17H14ClN7. The summed E-state index contributed by atoms with van der Waals surface area (Å²) in [5.41, 5.74) is 10.4. The minimum absolute atomic E-state index is 0. The third kappa shape index (κ3) is 5.79. The van der Waals surface area contributed by atoms with Gasteiger partial charge in [-0.2, -0.15) is 20.7 Å². The zero-order valence-electron chi connectivity index (χ0n) is 13.0. The number of nitrogens with two attached hydrogens (primary N) is 1. The van der Waals surface area contributed by atoms with E-state index in [4.69, 9.17) is 16.3 Å². The first-order valence-corrected chi connectivity index (χ1v) is 6.88. The summed E-state index contributed by atoms with van der Waals surface area (Å²) in [5, 5.41) is 29.4. The van der Waals surface area contributed by atoms with E-state index in [1.165, 1.54) is 12.4 Å². The second kappa shape index (κ2) is 10.2. The maximum Gasteiger partial charge on any atom is 0.234 e. The van der Waals surface area contributed by atoms with Gasteiger partial charge in [-0.3, -0.25) is 0 Å². The van der Waals surface area contributed by atoms with E-state index in [1.807, 2.05) is 0 Å². The third-order valence-corrected chi connectivity index (χ3v) is 2.91. The molecule has 0 radical (unpaired) electrons. The Labute approximate surface area is 151 Å². The van der Waals surface area contributed by atoms with Gasteiger partial charge in [-0.1, -0.05) is 36.4 Å². The van der Waals surface area contributed by atoms with Gasteiger partial charge in [0.25, 0.3) is 0 Å². The zero-order valence-corrected chi connectivity index (χ0v) is 13.8. The molecule has 124 valence electrons. The Hall–Kier alpha value is -3.68. The minimum Gasteiger partial charge on any atom is -0.367 e. The average Bonchev–Trinajstić information content (AvgIpc) is 2.62. The van der Waals surface area contributed by atoms with Gasteiger partial charge in [-0.05, 0) is 12.1 Å². The highest BCUT2D eigenvalue weighted by molar-refractivity contribution is 5.86. The highest BCUT2D eigenvalue weighted by atomic mass is 35.5. The van der Waals surface area contributed by atoms with Crippen LogP contribution < -0.4 is 11.2 Å². The lowest BCUT2D eigenvalue weighted by atomic mass is 10.1. The van der Waals surface area contributed by atoms with Gasteiger partial charge in [-0.25, -0.2) is 5.43 Å². The molecule has 0 aliphatic heterocycles. The number of halogens is 1. The second-order valence-electron chi connectivity index (χ2n) is 4.50. The van der Waals surface area contributed by atoms with Crippen LogP contribution in [0.25, 0.3) is 0 Å². The Morgan fingerprint density at radius 3 is 2.00 bits per heavy atom. The number of guanidine groups is 1. The van der Waals surface area contributed by atoms with Gasteiger partial charge in [0.1, 0.15) is 0 Å². The van der Waals surface area contributed by atoms with Crippen molar-refractivity contribution in [1.82, 2.24) is 5.43 Å². The maximum absolute atomic E-state index is 8.97. The summed E-state index contributed by atoms with van der Waals surface area (Å²) in [7, 11) is 0. The van der Waals surface area contributed by atoms with E-state index < -0.39 is 0 Å². The van der Waals surface area contributed by atoms with E-state index in [0.717, 1.165) is 0 Å². The monoisotopic (exact) mass is 351 g/mol. The fraction of sp³-hybridized carbons (Fsp3) is 0. The molecule has 0 heterocycles. The van der Waals surface area contributed by atoms with Crippen LogP contribution in [0.2, 0.25) is 0 Å². The number of rotatable bonds is 4. The van der Waals surface area contributed by atoms with E-state index >= 15 is 0 Å². The number of nitrogens with one attached hydrogen (secondary N) is 1. The van der Waals surface area contributed by atoms with E-state index in [9.17, 15) is 0 Å². The molecular weight excluding hydrogens is 338 g/mol. The lowest BCUT2D eigenvalue weighted by Crippen LogP contribution is -2.26. The lowest BCUT2D eigenvalue weighted by Gasteiger charge is -1.98. The Balaban J connectivity index is 0.00000312. The molecule has 7 nitrogen and oxygen atoms in total. The summed E-state index contributed by atoms with van der Waals surface area (Å²) in [6.07, 6.45) is 2.90. The van der Waals surface area contributed by atoms with Gasteiger partial charge < -0.3 is 5.73 Å². The fourth-order valence-corrected chi connectivity index (χ4v) is 1.77. The molecule has 0 spiro atoms. The summed E-state index contributed by atoms with van der Waals surface area (Å²) in [4.78, 5) is 0. The van der Waals surface area contributed by atoms with E-state index in [-0.39, 0.29) is 18.4 Å². The van der Waals surface area contributed by atoms with Crippen LogP contribution in [0, 0.1) is 22.7 Å². The van der Waals surface area contributed by atoms with Crippen molar-refractivity contribution in [2.24, 2.45) is 21.0 Å². The number of benzene rings is 2.